The lowest BCUT2D eigenvalue weighted by molar-refractivity contribution is 0.0697. The van der Waals surface area contributed by atoms with Gasteiger partial charge in [-0.2, -0.15) is 10.2 Å². The van der Waals surface area contributed by atoms with Gasteiger partial charge in [0.1, 0.15) is 5.82 Å². The smallest absolute Gasteiger partial charge is 0.337 e. The van der Waals surface area contributed by atoms with Crippen molar-refractivity contribution in [2.45, 2.75) is 6.54 Å². The molecule has 0 unspecified atom stereocenters. The van der Waals surface area contributed by atoms with Gasteiger partial charge in [-0.25, -0.2) is 14.0 Å². The highest BCUT2D eigenvalue weighted by atomic mass is 19.1. The normalized spacial score (nSPS) is 9.95. The highest BCUT2D eigenvalue weighted by molar-refractivity contribution is 5.99. The molecule has 1 aromatic carbocycles. The number of nitrogens with zero attached hydrogens (tertiary/aromatic N) is 2. The van der Waals surface area contributed by atoms with Crippen LogP contribution in [0.5, 0.6) is 0 Å². The Labute approximate surface area is 118 Å². The van der Waals surface area contributed by atoms with E-state index in [0.717, 1.165) is 12.1 Å². The third-order valence-electron chi connectivity index (χ3n) is 2.52. The zero-order chi connectivity index (χ0) is 15.2. The number of aromatic carboxylic acids is 1. The molecule has 108 valence electrons. The fourth-order valence-corrected chi connectivity index (χ4v) is 1.57. The van der Waals surface area contributed by atoms with Gasteiger partial charge in [-0.15, -0.1) is 0 Å². The topological polar surface area (TPSA) is 104 Å². The molecule has 2 amide bonds. The van der Waals surface area contributed by atoms with E-state index in [0.29, 0.717) is 5.69 Å². The molecule has 7 nitrogen and oxygen atoms in total. The van der Waals surface area contributed by atoms with Gasteiger partial charge in [-0.3, -0.25) is 0 Å². The number of anilines is 1. The minimum atomic E-state index is -1.33. The van der Waals surface area contributed by atoms with Crippen LogP contribution in [0, 0.1) is 5.82 Å². The van der Waals surface area contributed by atoms with Gasteiger partial charge in [0, 0.05) is 6.20 Å². The van der Waals surface area contributed by atoms with Gasteiger partial charge in [0.05, 0.1) is 23.5 Å². The summed E-state index contributed by atoms with van der Waals surface area (Å²) in [4.78, 5) is 22.7. The van der Waals surface area contributed by atoms with Crippen molar-refractivity contribution in [2.24, 2.45) is 0 Å². The molecule has 3 N–H and O–H groups in total. The summed E-state index contributed by atoms with van der Waals surface area (Å²) >= 11 is 0. The number of carboxylic acids is 1. The van der Waals surface area contributed by atoms with E-state index in [9.17, 15) is 14.0 Å². The van der Waals surface area contributed by atoms with E-state index in [1.165, 1.54) is 12.3 Å². The van der Waals surface area contributed by atoms with Gasteiger partial charge < -0.3 is 15.7 Å². The van der Waals surface area contributed by atoms with Crippen LogP contribution in [-0.2, 0) is 6.54 Å². The Balaban J connectivity index is 2.01. The summed E-state index contributed by atoms with van der Waals surface area (Å²) in [5.74, 6) is -2.03. The zero-order valence-corrected chi connectivity index (χ0v) is 10.7. The van der Waals surface area contributed by atoms with E-state index in [1.807, 2.05) is 0 Å². The van der Waals surface area contributed by atoms with Gasteiger partial charge in [0.15, 0.2) is 0 Å². The van der Waals surface area contributed by atoms with Gasteiger partial charge in [0.2, 0.25) is 0 Å². The van der Waals surface area contributed by atoms with E-state index in [-0.39, 0.29) is 17.8 Å². The number of hydrogen-bond acceptors (Lipinski definition) is 4. The summed E-state index contributed by atoms with van der Waals surface area (Å²) in [5, 5.41) is 21.2. The summed E-state index contributed by atoms with van der Waals surface area (Å²) in [7, 11) is 0. The number of rotatable bonds is 4. The fraction of sp³-hybridized carbons (Fsp3) is 0.0769. The monoisotopic (exact) mass is 290 g/mol. The molecule has 0 atom stereocenters. The van der Waals surface area contributed by atoms with E-state index in [2.05, 4.69) is 20.8 Å². The first-order valence-corrected chi connectivity index (χ1v) is 5.90. The van der Waals surface area contributed by atoms with Crippen molar-refractivity contribution >= 4 is 17.7 Å². The third kappa shape index (κ3) is 3.96. The predicted molar refractivity (Wildman–Crippen MR) is 71.2 cm³/mol. The first-order valence-electron chi connectivity index (χ1n) is 5.90. The van der Waals surface area contributed by atoms with Crippen molar-refractivity contribution in [2.75, 3.05) is 5.32 Å². The first kappa shape index (κ1) is 14.4. The van der Waals surface area contributed by atoms with Gasteiger partial charge in [-0.05, 0) is 30.3 Å². The molecule has 0 saturated carbocycles. The number of hydrogen-bond donors (Lipinski definition) is 3. The van der Waals surface area contributed by atoms with Crippen molar-refractivity contribution in [1.29, 1.82) is 0 Å². The molecule has 8 heteroatoms. The van der Waals surface area contributed by atoms with E-state index < -0.39 is 17.8 Å². The Morgan fingerprint density at radius 1 is 1.29 bits per heavy atom. The van der Waals surface area contributed by atoms with Crippen LogP contribution < -0.4 is 10.6 Å². The molecule has 2 aromatic rings. The van der Waals surface area contributed by atoms with Crippen molar-refractivity contribution < 1.29 is 19.1 Å². The van der Waals surface area contributed by atoms with Crippen LogP contribution in [0.4, 0.5) is 14.9 Å². The Bertz CT molecular complexity index is 664. The molecule has 0 aliphatic carbocycles. The van der Waals surface area contributed by atoms with Crippen molar-refractivity contribution in [3.8, 4) is 0 Å². The highest BCUT2D eigenvalue weighted by Crippen LogP contribution is 2.16. The Hall–Kier alpha value is -3.03. The maximum Gasteiger partial charge on any atom is 0.337 e. The molecule has 0 radical (unpaired) electrons. The minimum absolute atomic E-state index is 0.000505. The van der Waals surface area contributed by atoms with E-state index >= 15 is 0 Å². The fourth-order valence-electron chi connectivity index (χ4n) is 1.57. The Morgan fingerprint density at radius 3 is 2.76 bits per heavy atom. The molecule has 0 fully saturated rings. The van der Waals surface area contributed by atoms with E-state index in [1.54, 1.807) is 12.1 Å². The number of benzene rings is 1. The lowest BCUT2D eigenvalue weighted by Crippen LogP contribution is -2.29. The van der Waals surface area contributed by atoms with Crippen LogP contribution >= 0.6 is 0 Å². The molecule has 1 heterocycles. The van der Waals surface area contributed by atoms with Gasteiger partial charge in [0.25, 0.3) is 0 Å². The summed E-state index contributed by atoms with van der Waals surface area (Å²) < 4.78 is 13.0. The third-order valence-corrected chi connectivity index (χ3v) is 2.52. The number of nitrogens with one attached hydrogen (secondary N) is 2. The number of halogens is 1. The van der Waals surface area contributed by atoms with Crippen LogP contribution in [0.15, 0.2) is 36.5 Å². The molecular formula is C13H11FN4O3. The predicted octanol–water partition coefficient (Wildman–Crippen LogP) is 1.64. The summed E-state index contributed by atoms with van der Waals surface area (Å²) in [6.45, 7) is 0.128. The van der Waals surface area contributed by atoms with Gasteiger partial charge in [-0.1, -0.05) is 0 Å². The number of carboxylic acid groups (broad SMARTS) is 1. The molecule has 1 aromatic heterocycles. The molecule has 0 spiro atoms. The minimum Gasteiger partial charge on any atom is -0.478 e. The van der Waals surface area contributed by atoms with Crippen molar-refractivity contribution in [3.63, 3.8) is 0 Å². The number of aromatic nitrogens is 2. The number of carbonyl (C=O) groups excluding carboxylic acids is 1. The summed E-state index contributed by atoms with van der Waals surface area (Å²) in [6, 6.07) is 5.79. The van der Waals surface area contributed by atoms with Crippen LogP contribution in [0.2, 0.25) is 0 Å². The van der Waals surface area contributed by atoms with Crippen LogP contribution in [0.25, 0.3) is 0 Å². The lowest BCUT2D eigenvalue weighted by atomic mass is 10.2. The van der Waals surface area contributed by atoms with E-state index in [4.69, 9.17) is 5.11 Å². The SMILES string of the molecule is O=C(NCc1cccnn1)Nc1ccc(F)cc1C(=O)O. The molecule has 2 rings (SSSR count). The second-order valence-electron chi connectivity index (χ2n) is 4.02. The van der Waals surface area contributed by atoms with Crippen LogP contribution in [0.3, 0.4) is 0 Å². The summed E-state index contributed by atoms with van der Waals surface area (Å²) in [6.07, 6.45) is 1.50. The van der Waals surface area contributed by atoms with Crippen LogP contribution in [-0.4, -0.2) is 27.3 Å². The quantitative estimate of drug-likeness (QED) is 0.794. The number of amides is 2. The molecule has 0 aliphatic rings. The Kier molecular flexibility index (Phi) is 4.39. The van der Waals surface area contributed by atoms with Crippen molar-refractivity contribution in [3.05, 3.63) is 53.6 Å². The maximum absolute atomic E-state index is 13.0. The second kappa shape index (κ2) is 6.42. The molecule has 0 saturated heterocycles. The second-order valence-corrected chi connectivity index (χ2v) is 4.02. The zero-order valence-electron chi connectivity index (χ0n) is 10.7. The standard InChI is InChI=1S/C13H11FN4O3/c14-8-3-4-11(10(6-8)12(19)20)17-13(21)15-7-9-2-1-5-16-18-9/h1-6H,7H2,(H,19,20)(H2,15,17,21). The molecule has 21 heavy (non-hydrogen) atoms. The molecule has 0 bridgehead atoms. The molecule has 0 aliphatic heterocycles. The Morgan fingerprint density at radius 2 is 2.10 bits per heavy atom. The first-order chi connectivity index (χ1) is 10.1. The average Bonchev–Trinajstić information content (AvgIpc) is 2.48. The number of urea groups is 1. The maximum atomic E-state index is 13.0. The highest BCUT2D eigenvalue weighted by Gasteiger charge is 2.13. The summed E-state index contributed by atoms with van der Waals surface area (Å²) in [5.41, 5.74) is 0.218. The van der Waals surface area contributed by atoms with Crippen molar-refractivity contribution in [1.82, 2.24) is 15.5 Å². The largest absolute Gasteiger partial charge is 0.478 e. The number of carbonyl (C=O) groups is 2. The van der Waals surface area contributed by atoms with Crippen LogP contribution in [0.1, 0.15) is 16.1 Å². The molecular weight excluding hydrogens is 279 g/mol. The van der Waals surface area contributed by atoms with Gasteiger partial charge >= 0.3 is 12.0 Å². The lowest BCUT2D eigenvalue weighted by Gasteiger charge is -2.09. The average molecular weight is 290 g/mol.